The van der Waals surface area contributed by atoms with Crippen molar-refractivity contribution in [3.05, 3.63) is 93.5 Å². The summed E-state index contributed by atoms with van der Waals surface area (Å²) in [6.07, 6.45) is -2.00. The van der Waals surface area contributed by atoms with Crippen molar-refractivity contribution >= 4 is 46.4 Å². The Hall–Kier alpha value is -3.37. The van der Waals surface area contributed by atoms with E-state index in [1.54, 1.807) is 47.4 Å². The van der Waals surface area contributed by atoms with Gasteiger partial charge in [-0.2, -0.15) is 5.26 Å². The Morgan fingerprint density at radius 1 is 1.05 bits per heavy atom. The van der Waals surface area contributed by atoms with E-state index in [2.05, 4.69) is 5.32 Å². The maximum atomic E-state index is 13.9. The molecule has 3 aromatic carbocycles. The number of nitrogens with one attached hydrogen (secondary N) is 1. The summed E-state index contributed by atoms with van der Waals surface area (Å²) in [6, 6.07) is 21.2. The molecule has 1 aliphatic rings. The lowest BCUT2D eigenvalue weighted by atomic mass is 9.94. The van der Waals surface area contributed by atoms with Crippen LogP contribution in [0.2, 0.25) is 10.0 Å². The van der Waals surface area contributed by atoms with E-state index in [1.165, 1.54) is 0 Å². The summed E-state index contributed by atoms with van der Waals surface area (Å²) in [6.45, 7) is 6.53. The van der Waals surface area contributed by atoms with Crippen molar-refractivity contribution in [3.63, 3.8) is 0 Å². The molecule has 190 valence electrons. The zero-order valence-corrected chi connectivity index (χ0v) is 22.3. The zero-order chi connectivity index (χ0) is 26.7. The second kappa shape index (κ2) is 10.9. The molecule has 4 rings (SSSR count). The van der Waals surface area contributed by atoms with Crippen molar-refractivity contribution in [2.45, 2.75) is 39.4 Å². The van der Waals surface area contributed by atoms with Crippen LogP contribution in [0.1, 0.15) is 50.0 Å². The molecule has 0 aliphatic carbocycles. The minimum absolute atomic E-state index is 0.206. The third kappa shape index (κ3) is 6.31. The van der Waals surface area contributed by atoms with Crippen LogP contribution in [0, 0.1) is 16.7 Å². The van der Waals surface area contributed by atoms with Crippen LogP contribution in [0.4, 0.5) is 11.4 Å². The lowest BCUT2D eigenvalue weighted by Crippen LogP contribution is -2.44. The van der Waals surface area contributed by atoms with E-state index >= 15 is 0 Å². The first-order valence-electron chi connectivity index (χ1n) is 11.9. The SMILES string of the molecule is CC(C)(C)CN1C(=O)[C@@H](CC(=O)Nc2ccc(C#N)cc2)O[C@H](c2ccccc2Cl)c2cc(Cl)ccc21. The molecule has 0 spiro atoms. The summed E-state index contributed by atoms with van der Waals surface area (Å²) in [7, 11) is 0. The van der Waals surface area contributed by atoms with Gasteiger partial charge in [0.1, 0.15) is 12.2 Å². The lowest BCUT2D eigenvalue weighted by Gasteiger charge is -2.31. The molecule has 1 N–H and O–H groups in total. The van der Waals surface area contributed by atoms with Crippen molar-refractivity contribution in [2.75, 3.05) is 16.8 Å². The van der Waals surface area contributed by atoms with Gasteiger partial charge in [0.2, 0.25) is 5.91 Å². The number of rotatable bonds is 5. The molecule has 0 saturated carbocycles. The topological polar surface area (TPSA) is 82.4 Å². The van der Waals surface area contributed by atoms with Gasteiger partial charge in [-0.25, -0.2) is 0 Å². The molecular formula is C29H27Cl2N3O3. The highest BCUT2D eigenvalue weighted by Gasteiger charge is 2.39. The number of nitrogens with zero attached hydrogens (tertiary/aromatic N) is 2. The fourth-order valence-corrected chi connectivity index (χ4v) is 4.69. The Kier molecular flexibility index (Phi) is 7.89. The summed E-state index contributed by atoms with van der Waals surface area (Å²) in [5.41, 5.74) is 2.83. The van der Waals surface area contributed by atoms with Crippen molar-refractivity contribution in [1.82, 2.24) is 0 Å². The van der Waals surface area contributed by atoms with Crippen LogP contribution in [0.25, 0.3) is 0 Å². The van der Waals surface area contributed by atoms with Gasteiger partial charge in [0.05, 0.1) is 18.1 Å². The Bertz CT molecular complexity index is 1360. The van der Waals surface area contributed by atoms with E-state index in [4.69, 9.17) is 33.2 Å². The quantitative estimate of drug-likeness (QED) is 0.391. The fraction of sp³-hybridized carbons (Fsp3) is 0.276. The number of amides is 2. The maximum absolute atomic E-state index is 13.9. The van der Waals surface area contributed by atoms with Crippen LogP contribution in [0.5, 0.6) is 0 Å². The molecule has 0 bridgehead atoms. The number of anilines is 2. The third-order valence-corrected chi connectivity index (χ3v) is 6.47. The molecule has 8 heteroatoms. The second-order valence-electron chi connectivity index (χ2n) is 10.2. The third-order valence-electron chi connectivity index (χ3n) is 5.89. The summed E-state index contributed by atoms with van der Waals surface area (Å²) in [4.78, 5) is 28.7. The normalized spacial score (nSPS) is 17.5. The zero-order valence-electron chi connectivity index (χ0n) is 20.8. The van der Waals surface area contributed by atoms with Gasteiger partial charge >= 0.3 is 0 Å². The van der Waals surface area contributed by atoms with E-state index in [0.717, 1.165) is 0 Å². The smallest absolute Gasteiger partial charge is 0.256 e. The largest absolute Gasteiger partial charge is 0.355 e. The van der Waals surface area contributed by atoms with Gasteiger partial charge in [0.15, 0.2) is 0 Å². The summed E-state index contributed by atoms with van der Waals surface area (Å²) in [5.74, 6) is -0.705. The number of ether oxygens (including phenoxy) is 1. The van der Waals surface area contributed by atoms with E-state index in [9.17, 15) is 9.59 Å². The molecule has 0 unspecified atom stereocenters. The van der Waals surface area contributed by atoms with E-state index < -0.39 is 12.2 Å². The number of carbonyl (C=O) groups is 2. The molecule has 37 heavy (non-hydrogen) atoms. The first-order chi connectivity index (χ1) is 17.6. The predicted octanol–water partition coefficient (Wildman–Crippen LogP) is 6.76. The summed E-state index contributed by atoms with van der Waals surface area (Å²) < 4.78 is 6.42. The Morgan fingerprint density at radius 2 is 1.76 bits per heavy atom. The van der Waals surface area contributed by atoms with Gasteiger partial charge in [-0.3, -0.25) is 9.59 Å². The van der Waals surface area contributed by atoms with Crippen molar-refractivity contribution < 1.29 is 14.3 Å². The van der Waals surface area contributed by atoms with Crippen molar-refractivity contribution in [1.29, 1.82) is 5.26 Å². The van der Waals surface area contributed by atoms with Gasteiger partial charge in [0, 0.05) is 39.1 Å². The monoisotopic (exact) mass is 535 g/mol. The minimum atomic E-state index is -1.08. The average molecular weight is 536 g/mol. The van der Waals surface area contributed by atoms with Gasteiger partial charge in [-0.15, -0.1) is 0 Å². The molecule has 0 fully saturated rings. The van der Waals surface area contributed by atoms with Crippen molar-refractivity contribution in [2.24, 2.45) is 5.41 Å². The second-order valence-corrected chi connectivity index (χ2v) is 11.0. The van der Waals surface area contributed by atoms with Crippen LogP contribution >= 0.6 is 23.2 Å². The number of hydrogen-bond acceptors (Lipinski definition) is 4. The van der Waals surface area contributed by atoms with E-state index in [-0.39, 0.29) is 23.7 Å². The average Bonchev–Trinajstić information content (AvgIpc) is 2.94. The number of hydrogen-bond donors (Lipinski definition) is 1. The van der Waals surface area contributed by atoms with Crippen LogP contribution in [-0.2, 0) is 14.3 Å². The molecule has 2 atom stereocenters. The minimum Gasteiger partial charge on any atom is -0.355 e. The fourth-order valence-electron chi connectivity index (χ4n) is 4.28. The van der Waals surface area contributed by atoms with Crippen LogP contribution < -0.4 is 10.2 Å². The molecule has 6 nitrogen and oxygen atoms in total. The predicted molar refractivity (Wildman–Crippen MR) is 146 cm³/mol. The molecular weight excluding hydrogens is 509 g/mol. The molecule has 3 aromatic rings. The van der Waals surface area contributed by atoms with E-state index in [1.807, 2.05) is 51.1 Å². The highest BCUT2D eigenvalue weighted by Crippen LogP contribution is 2.42. The molecule has 2 amide bonds. The lowest BCUT2D eigenvalue weighted by molar-refractivity contribution is -0.136. The summed E-state index contributed by atoms with van der Waals surface area (Å²) in [5, 5.41) is 12.8. The number of carbonyl (C=O) groups excluding carboxylic acids is 2. The van der Waals surface area contributed by atoms with E-state index in [0.29, 0.717) is 44.7 Å². The number of halogens is 2. The van der Waals surface area contributed by atoms with Crippen LogP contribution in [-0.4, -0.2) is 24.5 Å². The van der Waals surface area contributed by atoms with Crippen LogP contribution in [0.3, 0.4) is 0 Å². The molecule has 1 aliphatic heterocycles. The molecule has 0 aromatic heterocycles. The Balaban J connectivity index is 1.73. The number of fused-ring (bicyclic) bond motifs is 1. The Morgan fingerprint density at radius 3 is 2.41 bits per heavy atom. The van der Waals surface area contributed by atoms with Crippen molar-refractivity contribution in [3.8, 4) is 6.07 Å². The number of benzene rings is 3. The van der Waals surface area contributed by atoms with Gasteiger partial charge in [-0.05, 0) is 53.9 Å². The van der Waals surface area contributed by atoms with Gasteiger partial charge in [0.25, 0.3) is 5.91 Å². The number of nitriles is 1. The van der Waals surface area contributed by atoms with Gasteiger partial charge in [-0.1, -0.05) is 62.2 Å². The highest BCUT2D eigenvalue weighted by atomic mass is 35.5. The highest BCUT2D eigenvalue weighted by molar-refractivity contribution is 6.31. The molecule has 0 saturated heterocycles. The maximum Gasteiger partial charge on any atom is 0.256 e. The van der Waals surface area contributed by atoms with Crippen LogP contribution in [0.15, 0.2) is 66.7 Å². The van der Waals surface area contributed by atoms with Gasteiger partial charge < -0.3 is 15.0 Å². The first kappa shape index (κ1) is 26.7. The standard InChI is InChI=1S/C29H27Cl2N3O3/c1-29(2,3)17-34-24-13-10-19(30)14-22(24)27(21-6-4-5-7-23(21)31)37-25(28(34)36)15-26(35)33-20-11-8-18(16-32)9-12-20/h4-14,25,27H,15,17H2,1-3H3,(H,33,35)/t25-,27-/m1/s1. The first-order valence-corrected chi connectivity index (χ1v) is 12.6. The molecule has 1 heterocycles. The Labute approximate surface area is 226 Å². The molecule has 0 radical (unpaired) electrons. The summed E-state index contributed by atoms with van der Waals surface area (Å²) >= 11 is 13.0.